The molecule has 0 radical (unpaired) electrons. The molecular formula is C11H13ClN2O3. The number of rotatable bonds is 4. The minimum Gasteiger partial charge on any atom is -0.478 e. The van der Waals surface area contributed by atoms with Crippen LogP contribution in [-0.4, -0.2) is 23.5 Å². The Bertz CT molecular complexity index is 448. The molecule has 1 aromatic rings. The van der Waals surface area contributed by atoms with Gasteiger partial charge in [-0.3, -0.25) is 4.79 Å². The average molecular weight is 257 g/mol. The van der Waals surface area contributed by atoms with E-state index in [1.165, 1.54) is 18.2 Å². The topological polar surface area (TPSA) is 92.4 Å². The SMILES string of the molecule is CC(CN)C(=O)Nc1cc(Cl)ccc1C(=O)O. The fraction of sp³-hybridized carbons (Fsp3) is 0.273. The third-order valence-electron chi connectivity index (χ3n) is 2.27. The van der Waals surface area contributed by atoms with Crippen LogP contribution in [0.4, 0.5) is 5.69 Å². The summed E-state index contributed by atoms with van der Waals surface area (Å²) in [6.07, 6.45) is 0. The maximum absolute atomic E-state index is 11.6. The van der Waals surface area contributed by atoms with Crippen LogP contribution in [0.5, 0.6) is 0 Å². The van der Waals surface area contributed by atoms with Gasteiger partial charge in [0.2, 0.25) is 5.91 Å². The Hall–Kier alpha value is -1.59. The van der Waals surface area contributed by atoms with E-state index in [9.17, 15) is 9.59 Å². The van der Waals surface area contributed by atoms with Crippen molar-refractivity contribution in [2.75, 3.05) is 11.9 Å². The number of hydrogen-bond donors (Lipinski definition) is 3. The smallest absolute Gasteiger partial charge is 0.337 e. The maximum Gasteiger partial charge on any atom is 0.337 e. The Balaban J connectivity index is 3.00. The number of carbonyl (C=O) groups is 2. The minimum atomic E-state index is -1.13. The molecule has 0 fully saturated rings. The molecule has 17 heavy (non-hydrogen) atoms. The van der Waals surface area contributed by atoms with Gasteiger partial charge in [-0.25, -0.2) is 4.79 Å². The molecule has 92 valence electrons. The van der Waals surface area contributed by atoms with Gasteiger partial charge in [-0.1, -0.05) is 18.5 Å². The van der Waals surface area contributed by atoms with Gasteiger partial charge in [0.05, 0.1) is 11.3 Å². The van der Waals surface area contributed by atoms with Gasteiger partial charge >= 0.3 is 5.97 Å². The second-order valence-corrected chi connectivity index (χ2v) is 4.06. The van der Waals surface area contributed by atoms with Gasteiger partial charge in [0.25, 0.3) is 0 Å². The highest BCUT2D eigenvalue weighted by atomic mass is 35.5. The van der Waals surface area contributed by atoms with Crippen molar-refractivity contribution in [2.24, 2.45) is 11.7 Å². The second-order valence-electron chi connectivity index (χ2n) is 3.62. The molecule has 1 amide bonds. The first kappa shape index (κ1) is 13.5. The number of halogens is 1. The van der Waals surface area contributed by atoms with Gasteiger partial charge in [0.1, 0.15) is 0 Å². The van der Waals surface area contributed by atoms with Crippen LogP contribution in [0.2, 0.25) is 5.02 Å². The monoisotopic (exact) mass is 256 g/mol. The minimum absolute atomic E-state index is 0.00743. The normalized spacial score (nSPS) is 11.9. The highest BCUT2D eigenvalue weighted by Gasteiger charge is 2.16. The Morgan fingerprint density at radius 3 is 2.71 bits per heavy atom. The van der Waals surface area contributed by atoms with Crippen LogP contribution >= 0.6 is 11.6 Å². The summed E-state index contributed by atoms with van der Waals surface area (Å²) >= 11 is 5.75. The largest absolute Gasteiger partial charge is 0.478 e. The highest BCUT2D eigenvalue weighted by molar-refractivity contribution is 6.31. The number of carboxylic acids is 1. The summed E-state index contributed by atoms with van der Waals surface area (Å²) in [4.78, 5) is 22.5. The van der Waals surface area contributed by atoms with Crippen molar-refractivity contribution in [1.82, 2.24) is 0 Å². The molecule has 0 aromatic heterocycles. The fourth-order valence-corrected chi connectivity index (χ4v) is 1.34. The summed E-state index contributed by atoms with van der Waals surface area (Å²) in [5.74, 6) is -1.86. The van der Waals surface area contributed by atoms with Gasteiger partial charge in [-0.05, 0) is 18.2 Å². The standard InChI is InChI=1S/C11H13ClN2O3/c1-6(5-13)10(15)14-9-4-7(12)2-3-8(9)11(16)17/h2-4,6H,5,13H2,1H3,(H,14,15)(H,16,17). The molecule has 0 aliphatic heterocycles. The molecule has 4 N–H and O–H groups in total. The van der Waals surface area contributed by atoms with Gasteiger partial charge in [0.15, 0.2) is 0 Å². The molecule has 0 aliphatic carbocycles. The van der Waals surface area contributed by atoms with Crippen molar-refractivity contribution < 1.29 is 14.7 Å². The zero-order valence-electron chi connectivity index (χ0n) is 9.24. The lowest BCUT2D eigenvalue weighted by atomic mass is 10.1. The van der Waals surface area contributed by atoms with Crippen molar-refractivity contribution in [3.8, 4) is 0 Å². The van der Waals surface area contributed by atoms with Gasteiger partial charge in [-0.2, -0.15) is 0 Å². The molecule has 0 heterocycles. The zero-order chi connectivity index (χ0) is 13.0. The van der Waals surface area contributed by atoms with Crippen molar-refractivity contribution >= 4 is 29.2 Å². The third kappa shape index (κ3) is 3.44. The summed E-state index contributed by atoms with van der Waals surface area (Å²) in [6, 6.07) is 4.19. The number of carboxylic acid groups (broad SMARTS) is 1. The number of nitrogens with one attached hydrogen (secondary N) is 1. The lowest BCUT2D eigenvalue weighted by Crippen LogP contribution is -2.27. The maximum atomic E-state index is 11.6. The molecule has 1 rings (SSSR count). The summed E-state index contributed by atoms with van der Waals surface area (Å²) in [5.41, 5.74) is 5.52. The van der Waals surface area contributed by atoms with E-state index >= 15 is 0 Å². The molecule has 1 aromatic carbocycles. The summed E-state index contributed by atoms with van der Waals surface area (Å²) in [5, 5.41) is 11.8. The fourth-order valence-electron chi connectivity index (χ4n) is 1.17. The first-order chi connectivity index (χ1) is 7.95. The van der Waals surface area contributed by atoms with E-state index in [0.29, 0.717) is 5.02 Å². The number of benzene rings is 1. The number of nitrogens with two attached hydrogens (primary N) is 1. The van der Waals surface area contributed by atoms with Gasteiger partial charge < -0.3 is 16.2 Å². The molecule has 0 aliphatic rings. The average Bonchev–Trinajstić information content (AvgIpc) is 2.27. The van der Waals surface area contributed by atoms with E-state index in [2.05, 4.69) is 5.32 Å². The lowest BCUT2D eigenvalue weighted by molar-refractivity contribution is -0.119. The van der Waals surface area contributed by atoms with Crippen molar-refractivity contribution in [1.29, 1.82) is 0 Å². The van der Waals surface area contributed by atoms with Crippen LogP contribution in [0.25, 0.3) is 0 Å². The number of carbonyl (C=O) groups excluding carboxylic acids is 1. The number of amides is 1. The van der Waals surface area contributed by atoms with E-state index in [-0.39, 0.29) is 23.7 Å². The van der Waals surface area contributed by atoms with Gasteiger partial charge in [0, 0.05) is 17.5 Å². The van der Waals surface area contributed by atoms with Gasteiger partial charge in [-0.15, -0.1) is 0 Å². The highest BCUT2D eigenvalue weighted by Crippen LogP contribution is 2.21. The zero-order valence-corrected chi connectivity index (χ0v) is 9.99. The van der Waals surface area contributed by atoms with E-state index < -0.39 is 11.9 Å². The van der Waals surface area contributed by atoms with Crippen molar-refractivity contribution in [3.05, 3.63) is 28.8 Å². The number of hydrogen-bond acceptors (Lipinski definition) is 3. The van der Waals surface area contributed by atoms with Crippen LogP contribution in [0.1, 0.15) is 17.3 Å². The summed E-state index contributed by atoms with van der Waals surface area (Å²) in [6.45, 7) is 1.84. The Labute approximate surface area is 104 Å². The first-order valence-electron chi connectivity index (χ1n) is 4.99. The van der Waals surface area contributed by atoms with Crippen LogP contribution < -0.4 is 11.1 Å². The second kappa shape index (κ2) is 5.65. The molecule has 5 nitrogen and oxygen atoms in total. The number of anilines is 1. The lowest BCUT2D eigenvalue weighted by Gasteiger charge is -2.12. The molecule has 0 saturated carbocycles. The van der Waals surface area contributed by atoms with Crippen LogP contribution in [0.15, 0.2) is 18.2 Å². The van der Waals surface area contributed by atoms with Crippen LogP contribution in [0, 0.1) is 5.92 Å². The first-order valence-corrected chi connectivity index (χ1v) is 5.37. The van der Waals surface area contributed by atoms with E-state index in [1.54, 1.807) is 6.92 Å². The molecule has 1 atom stereocenters. The van der Waals surface area contributed by atoms with Crippen LogP contribution in [-0.2, 0) is 4.79 Å². The molecular weight excluding hydrogens is 244 g/mol. The van der Waals surface area contributed by atoms with Crippen molar-refractivity contribution in [2.45, 2.75) is 6.92 Å². The summed E-state index contributed by atoms with van der Waals surface area (Å²) in [7, 11) is 0. The van der Waals surface area contributed by atoms with Crippen molar-refractivity contribution in [3.63, 3.8) is 0 Å². The van der Waals surface area contributed by atoms with E-state index in [4.69, 9.17) is 22.4 Å². The summed E-state index contributed by atoms with van der Waals surface area (Å²) < 4.78 is 0. The third-order valence-corrected chi connectivity index (χ3v) is 2.51. The molecule has 1 unspecified atom stereocenters. The Morgan fingerprint density at radius 2 is 2.18 bits per heavy atom. The molecule has 0 spiro atoms. The molecule has 6 heteroatoms. The molecule has 0 bridgehead atoms. The Morgan fingerprint density at radius 1 is 1.53 bits per heavy atom. The molecule has 0 saturated heterocycles. The van der Waals surface area contributed by atoms with E-state index in [0.717, 1.165) is 0 Å². The Kier molecular flexibility index (Phi) is 4.48. The van der Waals surface area contributed by atoms with Crippen LogP contribution in [0.3, 0.4) is 0 Å². The predicted molar refractivity (Wildman–Crippen MR) is 65.3 cm³/mol. The van der Waals surface area contributed by atoms with E-state index in [1.807, 2.05) is 0 Å². The predicted octanol–water partition coefficient (Wildman–Crippen LogP) is 1.57. The quantitative estimate of drug-likeness (QED) is 0.762. The number of aromatic carboxylic acids is 1.